The van der Waals surface area contributed by atoms with Gasteiger partial charge in [-0.25, -0.2) is 0 Å². The fourth-order valence-electron chi connectivity index (χ4n) is 0.245. The van der Waals surface area contributed by atoms with Gasteiger partial charge < -0.3 is 4.90 Å². The summed E-state index contributed by atoms with van der Waals surface area (Å²) in [7, 11) is 3.72. The highest BCUT2D eigenvalue weighted by molar-refractivity contribution is 5.53. The molecule has 3 heteroatoms. The van der Waals surface area contributed by atoms with Gasteiger partial charge in [0.25, 0.3) is 0 Å². The van der Waals surface area contributed by atoms with Gasteiger partial charge >= 0.3 is 0 Å². The zero-order valence-electron chi connectivity index (χ0n) is 5.13. The topological polar surface area (TPSA) is 39.4 Å². The van der Waals surface area contributed by atoms with E-state index in [1.807, 2.05) is 20.2 Å². The van der Waals surface area contributed by atoms with E-state index in [4.69, 9.17) is 5.26 Å². The van der Waals surface area contributed by atoms with Crippen LogP contribution in [0.15, 0.2) is 4.99 Å². The summed E-state index contributed by atoms with van der Waals surface area (Å²) in [5.74, 6) is 0. The molecule has 0 atom stereocenters. The van der Waals surface area contributed by atoms with E-state index >= 15 is 0 Å². The van der Waals surface area contributed by atoms with Gasteiger partial charge in [-0.1, -0.05) is 0 Å². The molecule has 0 unspecified atom stereocenters. The van der Waals surface area contributed by atoms with Crippen molar-refractivity contribution in [1.82, 2.24) is 4.90 Å². The summed E-state index contributed by atoms with van der Waals surface area (Å²) in [6, 6.07) is 1.90. The minimum Gasteiger partial charge on any atom is -0.369 e. The lowest BCUT2D eigenvalue weighted by atomic mass is 10.7. The molecule has 44 valence electrons. The van der Waals surface area contributed by atoms with Crippen LogP contribution >= 0.6 is 0 Å². The molecular weight excluding hydrogens is 102 g/mol. The summed E-state index contributed by atoms with van der Waals surface area (Å²) >= 11 is 0. The van der Waals surface area contributed by atoms with Crippen LogP contribution in [-0.4, -0.2) is 31.9 Å². The first kappa shape index (κ1) is 6.96. The van der Waals surface area contributed by atoms with E-state index in [1.165, 1.54) is 0 Å². The van der Waals surface area contributed by atoms with Gasteiger partial charge in [-0.05, 0) is 0 Å². The molecule has 0 heterocycles. The van der Waals surface area contributed by atoms with Crippen molar-refractivity contribution in [3.05, 3.63) is 0 Å². The number of nitrogens with zero attached hydrogens (tertiary/aromatic N) is 3. The zero-order valence-corrected chi connectivity index (χ0v) is 5.13. The molecule has 0 spiro atoms. The summed E-state index contributed by atoms with van der Waals surface area (Å²) in [5.41, 5.74) is 0. The van der Waals surface area contributed by atoms with Crippen LogP contribution in [-0.2, 0) is 0 Å². The lowest BCUT2D eigenvalue weighted by Crippen LogP contribution is -2.07. The van der Waals surface area contributed by atoms with E-state index in [1.54, 1.807) is 11.2 Å². The van der Waals surface area contributed by atoms with Crippen LogP contribution in [0.4, 0.5) is 0 Å². The van der Waals surface area contributed by atoms with E-state index in [2.05, 4.69) is 4.99 Å². The molecule has 0 aromatic rings. The molecule has 0 bridgehead atoms. The average molecular weight is 111 g/mol. The van der Waals surface area contributed by atoms with Crippen LogP contribution in [0.2, 0.25) is 0 Å². The van der Waals surface area contributed by atoms with Gasteiger partial charge in [0.1, 0.15) is 6.54 Å². The van der Waals surface area contributed by atoms with Gasteiger partial charge in [-0.2, -0.15) is 5.26 Å². The molecule has 0 aliphatic carbocycles. The van der Waals surface area contributed by atoms with Crippen LogP contribution < -0.4 is 0 Å². The highest BCUT2D eigenvalue weighted by Gasteiger charge is 1.73. The molecule has 3 nitrogen and oxygen atoms in total. The van der Waals surface area contributed by atoms with Crippen LogP contribution in [0, 0.1) is 11.3 Å². The number of hydrogen-bond acceptors (Lipinski definition) is 2. The molecule has 0 aliphatic heterocycles. The average Bonchev–Trinajstić information content (AvgIpc) is 1.66. The minimum absolute atomic E-state index is 0.248. The maximum atomic E-state index is 8.00. The van der Waals surface area contributed by atoms with Crippen LogP contribution in [0.25, 0.3) is 0 Å². The highest BCUT2D eigenvalue weighted by Crippen LogP contribution is 1.66. The predicted molar refractivity (Wildman–Crippen MR) is 32.7 cm³/mol. The quantitative estimate of drug-likeness (QED) is 0.288. The predicted octanol–water partition coefficient (Wildman–Crippen LogP) is 0.0999. The normalized spacial score (nSPS) is 9.12. The Labute approximate surface area is 49.2 Å². The Kier molecular flexibility index (Phi) is 3.59. The third kappa shape index (κ3) is 4.96. The molecular formula is C5H9N3. The Morgan fingerprint density at radius 3 is 2.75 bits per heavy atom. The fraction of sp³-hybridized carbons (Fsp3) is 0.600. The van der Waals surface area contributed by atoms with E-state index in [9.17, 15) is 0 Å². The van der Waals surface area contributed by atoms with Crippen molar-refractivity contribution in [3.8, 4) is 6.07 Å². The Morgan fingerprint density at radius 1 is 1.75 bits per heavy atom. The molecule has 0 amide bonds. The molecule has 0 aromatic carbocycles. The maximum absolute atomic E-state index is 8.00. The van der Waals surface area contributed by atoms with Crippen molar-refractivity contribution in [2.75, 3.05) is 20.6 Å². The van der Waals surface area contributed by atoms with Gasteiger partial charge in [0.05, 0.1) is 12.4 Å². The van der Waals surface area contributed by atoms with Crippen LogP contribution in [0.3, 0.4) is 0 Å². The first-order valence-electron chi connectivity index (χ1n) is 2.30. The third-order valence-electron chi connectivity index (χ3n) is 0.475. The van der Waals surface area contributed by atoms with Crippen molar-refractivity contribution in [1.29, 1.82) is 5.26 Å². The Hall–Kier alpha value is -1.04. The number of aliphatic imine (C=N–C) groups is 1. The maximum Gasteiger partial charge on any atom is 0.127 e. The second-order valence-corrected chi connectivity index (χ2v) is 1.58. The number of hydrogen-bond donors (Lipinski definition) is 0. The van der Waals surface area contributed by atoms with E-state index in [0.29, 0.717) is 0 Å². The molecule has 8 heavy (non-hydrogen) atoms. The van der Waals surface area contributed by atoms with Crippen molar-refractivity contribution >= 4 is 6.34 Å². The van der Waals surface area contributed by atoms with Crippen molar-refractivity contribution in [2.45, 2.75) is 0 Å². The Bertz CT molecular complexity index is 109. The summed E-state index contributed by atoms with van der Waals surface area (Å²) < 4.78 is 0. The summed E-state index contributed by atoms with van der Waals surface area (Å²) in [6.45, 7) is 0.248. The second kappa shape index (κ2) is 4.13. The van der Waals surface area contributed by atoms with E-state index in [-0.39, 0.29) is 6.54 Å². The van der Waals surface area contributed by atoms with Gasteiger partial charge in [0, 0.05) is 14.1 Å². The van der Waals surface area contributed by atoms with Crippen molar-refractivity contribution in [2.24, 2.45) is 4.99 Å². The standard InChI is InChI=1S/C5H9N3/c1-8(2)5-7-4-3-6/h5H,4H2,1-2H3/b7-5+. The largest absolute Gasteiger partial charge is 0.369 e. The Balaban J connectivity index is 3.23. The molecule has 0 rings (SSSR count). The van der Waals surface area contributed by atoms with E-state index in [0.717, 1.165) is 0 Å². The lowest BCUT2D eigenvalue weighted by Gasteiger charge is -1.99. The molecule has 0 aromatic heterocycles. The summed E-state index contributed by atoms with van der Waals surface area (Å²) in [6.07, 6.45) is 1.61. The monoisotopic (exact) mass is 111 g/mol. The smallest absolute Gasteiger partial charge is 0.127 e. The Morgan fingerprint density at radius 2 is 2.38 bits per heavy atom. The highest BCUT2D eigenvalue weighted by atomic mass is 15.1. The molecule has 0 radical (unpaired) electrons. The SMILES string of the molecule is CN(C)/C=N/CC#N. The summed E-state index contributed by atoms with van der Waals surface area (Å²) in [5, 5.41) is 8.00. The molecule has 0 aliphatic rings. The van der Waals surface area contributed by atoms with Gasteiger partial charge in [-0.15, -0.1) is 0 Å². The van der Waals surface area contributed by atoms with E-state index < -0.39 is 0 Å². The fourth-order valence-corrected chi connectivity index (χ4v) is 0.245. The molecule has 0 N–H and O–H groups in total. The van der Waals surface area contributed by atoms with Gasteiger partial charge in [0.2, 0.25) is 0 Å². The van der Waals surface area contributed by atoms with Crippen LogP contribution in [0.1, 0.15) is 0 Å². The number of nitriles is 1. The van der Waals surface area contributed by atoms with Crippen molar-refractivity contribution < 1.29 is 0 Å². The lowest BCUT2D eigenvalue weighted by molar-refractivity contribution is 0.641. The molecule has 0 saturated heterocycles. The molecule has 0 fully saturated rings. The minimum atomic E-state index is 0.248. The van der Waals surface area contributed by atoms with Gasteiger partial charge in [0.15, 0.2) is 0 Å². The van der Waals surface area contributed by atoms with Crippen molar-refractivity contribution in [3.63, 3.8) is 0 Å². The van der Waals surface area contributed by atoms with Gasteiger partial charge in [-0.3, -0.25) is 4.99 Å². The summed E-state index contributed by atoms with van der Waals surface area (Å²) in [4.78, 5) is 5.52. The first-order valence-corrected chi connectivity index (χ1v) is 2.30. The second-order valence-electron chi connectivity index (χ2n) is 1.58. The third-order valence-corrected chi connectivity index (χ3v) is 0.475. The molecule has 0 saturated carbocycles. The first-order chi connectivity index (χ1) is 3.77. The zero-order chi connectivity index (χ0) is 6.41. The number of rotatable bonds is 2. The van der Waals surface area contributed by atoms with Crippen LogP contribution in [0.5, 0.6) is 0 Å².